The van der Waals surface area contributed by atoms with Gasteiger partial charge in [0.05, 0.1) is 23.1 Å². The molecule has 1 fully saturated rings. The molecule has 1 aromatic carbocycles. The molecule has 1 saturated heterocycles. The van der Waals surface area contributed by atoms with Crippen molar-refractivity contribution in [3.8, 4) is 17.2 Å². The molecule has 0 aliphatic carbocycles. The lowest BCUT2D eigenvalue weighted by Gasteiger charge is -2.45. The van der Waals surface area contributed by atoms with Gasteiger partial charge in [0.2, 0.25) is 5.91 Å². The summed E-state index contributed by atoms with van der Waals surface area (Å²) in [6.07, 6.45) is 1.66. The summed E-state index contributed by atoms with van der Waals surface area (Å²) in [5, 5.41) is 22.6. The number of nitrogens with one attached hydrogen (secondary N) is 2. The maximum atomic E-state index is 12.8. The predicted molar refractivity (Wildman–Crippen MR) is 104 cm³/mol. The molecule has 1 aliphatic rings. The van der Waals surface area contributed by atoms with Crippen LogP contribution in [0.15, 0.2) is 35.7 Å². The summed E-state index contributed by atoms with van der Waals surface area (Å²) < 4.78 is 0. The van der Waals surface area contributed by atoms with E-state index in [1.807, 2.05) is 30.5 Å². The number of rotatable bonds is 4. The Balaban J connectivity index is 2.01. The Hall–Kier alpha value is -2.65. The van der Waals surface area contributed by atoms with Crippen molar-refractivity contribution in [2.24, 2.45) is 5.92 Å². The molecular formula is C20H22N4OS. The number of benzene rings is 1. The van der Waals surface area contributed by atoms with Crippen LogP contribution in [-0.2, 0) is 10.3 Å². The van der Waals surface area contributed by atoms with E-state index in [4.69, 9.17) is 10.7 Å². The number of nitriles is 1. The van der Waals surface area contributed by atoms with Crippen molar-refractivity contribution in [1.29, 1.82) is 10.7 Å². The van der Waals surface area contributed by atoms with Gasteiger partial charge in [0.15, 0.2) is 5.96 Å². The van der Waals surface area contributed by atoms with E-state index in [9.17, 15) is 4.79 Å². The molecule has 3 rings (SSSR count). The van der Waals surface area contributed by atoms with Gasteiger partial charge in [-0.1, -0.05) is 25.5 Å². The molecule has 134 valence electrons. The minimum Gasteiger partial charge on any atom is -0.345 e. The van der Waals surface area contributed by atoms with Gasteiger partial charge in [-0.05, 0) is 48.1 Å². The van der Waals surface area contributed by atoms with Crippen LogP contribution in [0, 0.1) is 22.7 Å². The van der Waals surface area contributed by atoms with Gasteiger partial charge >= 0.3 is 0 Å². The van der Waals surface area contributed by atoms with Crippen molar-refractivity contribution < 1.29 is 4.79 Å². The highest BCUT2D eigenvalue weighted by atomic mass is 32.1. The van der Waals surface area contributed by atoms with Crippen molar-refractivity contribution in [3.05, 3.63) is 46.2 Å². The average Bonchev–Trinajstić information content (AvgIpc) is 3.14. The van der Waals surface area contributed by atoms with Crippen LogP contribution in [0.4, 0.5) is 0 Å². The monoisotopic (exact) mass is 366 g/mol. The lowest BCUT2D eigenvalue weighted by molar-refractivity contribution is -0.135. The Kier molecular flexibility index (Phi) is 4.84. The fourth-order valence-electron chi connectivity index (χ4n) is 3.47. The first-order valence-electron chi connectivity index (χ1n) is 8.64. The lowest BCUT2D eigenvalue weighted by Crippen LogP contribution is -2.63. The fraction of sp³-hybridized carbons (Fsp3) is 0.350. The Morgan fingerprint density at radius 3 is 2.85 bits per heavy atom. The van der Waals surface area contributed by atoms with Gasteiger partial charge in [0.25, 0.3) is 0 Å². The maximum Gasteiger partial charge on any atom is 0.234 e. The smallest absolute Gasteiger partial charge is 0.234 e. The third kappa shape index (κ3) is 2.99. The standard InChI is InChI=1S/C20H22N4OS/c1-4-6-16-18(25)24(3)19(22)23-20(16,2)17-10-15(12-26-17)14-8-5-7-13(9-14)11-21/h5,7-10,12,16H,4,6H2,1-3H3,(H2,22,23)/t16-,20+/m1/s1. The van der Waals surface area contributed by atoms with Crippen molar-refractivity contribution in [1.82, 2.24) is 10.2 Å². The number of carbonyl (C=O) groups is 1. The van der Waals surface area contributed by atoms with E-state index in [0.29, 0.717) is 5.56 Å². The second-order valence-corrected chi connectivity index (χ2v) is 7.72. The molecule has 6 heteroatoms. The molecule has 0 saturated carbocycles. The predicted octanol–water partition coefficient (Wildman–Crippen LogP) is 3.91. The first kappa shape index (κ1) is 18.2. The molecule has 26 heavy (non-hydrogen) atoms. The highest BCUT2D eigenvalue weighted by Crippen LogP contribution is 2.41. The average molecular weight is 366 g/mol. The SMILES string of the molecule is CCC[C@@H]1C(=O)N(C)C(=N)N[C@]1(C)c1cc(-c2cccc(C#N)c2)cs1. The molecular weight excluding hydrogens is 344 g/mol. The Morgan fingerprint density at radius 1 is 1.38 bits per heavy atom. The molecule has 1 aliphatic heterocycles. The quantitative estimate of drug-likeness (QED) is 0.861. The second kappa shape index (κ2) is 6.93. The number of nitrogens with zero attached hydrogens (tertiary/aromatic N) is 2. The molecule has 0 spiro atoms. The summed E-state index contributed by atoms with van der Waals surface area (Å²) in [5.74, 6) is -0.102. The largest absolute Gasteiger partial charge is 0.345 e. The molecule has 2 heterocycles. The summed E-state index contributed by atoms with van der Waals surface area (Å²) in [5.41, 5.74) is 2.03. The van der Waals surface area contributed by atoms with Crippen molar-refractivity contribution in [3.63, 3.8) is 0 Å². The van der Waals surface area contributed by atoms with Gasteiger partial charge in [-0.15, -0.1) is 11.3 Å². The van der Waals surface area contributed by atoms with Crippen molar-refractivity contribution in [2.45, 2.75) is 32.2 Å². The van der Waals surface area contributed by atoms with E-state index >= 15 is 0 Å². The second-order valence-electron chi connectivity index (χ2n) is 6.81. The minimum absolute atomic E-state index is 0.0143. The molecule has 5 nitrogen and oxygen atoms in total. The summed E-state index contributed by atoms with van der Waals surface area (Å²) in [7, 11) is 1.65. The van der Waals surface area contributed by atoms with E-state index in [1.54, 1.807) is 24.5 Å². The van der Waals surface area contributed by atoms with Crippen LogP contribution in [0.5, 0.6) is 0 Å². The number of amides is 1. The van der Waals surface area contributed by atoms with Crippen LogP contribution in [0.25, 0.3) is 11.1 Å². The van der Waals surface area contributed by atoms with E-state index in [0.717, 1.165) is 28.8 Å². The third-order valence-corrected chi connectivity index (χ3v) is 6.22. The first-order chi connectivity index (χ1) is 12.4. The van der Waals surface area contributed by atoms with Gasteiger partial charge < -0.3 is 5.32 Å². The summed E-state index contributed by atoms with van der Waals surface area (Å²) in [6.45, 7) is 4.08. The highest BCUT2D eigenvalue weighted by Gasteiger charge is 2.47. The molecule has 2 atom stereocenters. The molecule has 0 radical (unpaired) electrons. The summed E-state index contributed by atoms with van der Waals surface area (Å²) in [6, 6.07) is 11.7. The first-order valence-corrected chi connectivity index (χ1v) is 9.52. The summed E-state index contributed by atoms with van der Waals surface area (Å²) in [4.78, 5) is 15.2. The third-order valence-electron chi connectivity index (χ3n) is 5.05. The highest BCUT2D eigenvalue weighted by molar-refractivity contribution is 7.10. The van der Waals surface area contributed by atoms with Crippen LogP contribution in [-0.4, -0.2) is 23.8 Å². The number of hydrogen-bond acceptors (Lipinski definition) is 4. The van der Waals surface area contributed by atoms with E-state index in [2.05, 4.69) is 24.4 Å². The van der Waals surface area contributed by atoms with E-state index in [1.165, 1.54) is 4.90 Å². The van der Waals surface area contributed by atoms with Crippen LogP contribution >= 0.6 is 11.3 Å². The topological polar surface area (TPSA) is 80.0 Å². The number of hydrogen-bond donors (Lipinski definition) is 2. The fourth-order valence-corrected chi connectivity index (χ4v) is 4.56. The van der Waals surface area contributed by atoms with Crippen molar-refractivity contribution >= 4 is 23.2 Å². The van der Waals surface area contributed by atoms with E-state index < -0.39 is 5.54 Å². The van der Waals surface area contributed by atoms with Crippen LogP contribution < -0.4 is 5.32 Å². The normalized spacial score (nSPS) is 22.8. The molecule has 2 N–H and O–H groups in total. The maximum absolute atomic E-state index is 12.8. The Bertz CT molecular complexity index is 897. The summed E-state index contributed by atoms with van der Waals surface area (Å²) >= 11 is 1.59. The van der Waals surface area contributed by atoms with Gasteiger partial charge in [0.1, 0.15) is 0 Å². The molecule has 2 aromatic rings. The van der Waals surface area contributed by atoms with Crippen LogP contribution in [0.3, 0.4) is 0 Å². The minimum atomic E-state index is -0.605. The van der Waals surface area contributed by atoms with Gasteiger partial charge in [-0.3, -0.25) is 15.1 Å². The van der Waals surface area contributed by atoms with E-state index in [-0.39, 0.29) is 17.8 Å². The zero-order valence-corrected chi connectivity index (χ0v) is 16.0. The van der Waals surface area contributed by atoms with Crippen molar-refractivity contribution in [2.75, 3.05) is 7.05 Å². The van der Waals surface area contributed by atoms with Gasteiger partial charge in [0, 0.05) is 11.9 Å². The molecule has 0 bridgehead atoms. The zero-order chi connectivity index (χ0) is 18.9. The Morgan fingerprint density at radius 2 is 2.15 bits per heavy atom. The molecule has 1 aromatic heterocycles. The number of guanidine groups is 1. The number of thiophene rings is 1. The van der Waals surface area contributed by atoms with Gasteiger partial charge in [-0.25, -0.2) is 0 Å². The van der Waals surface area contributed by atoms with Crippen LogP contribution in [0.1, 0.15) is 37.1 Å². The number of carbonyl (C=O) groups excluding carboxylic acids is 1. The Labute approximate surface area is 157 Å². The molecule has 0 unspecified atom stereocenters. The van der Waals surface area contributed by atoms with Gasteiger partial charge in [-0.2, -0.15) is 5.26 Å². The zero-order valence-electron chi connectivity index (χ0n) is 15.2. The lowest BCUT2D eigenvalue weighted by atomic mass is 9.78. The molecule has 1 amide bonds. The van der Waals surface area contributed by atoms with Crippen LogP contribution in [0.2, 0.25) is 0 Å².